The Bertz CT molecular complexity index is 675. The first-order valence-corrected chi connectivity index (χ1v) is 8.59. The lowest BCUT2D eigenvalue weighted by Gasteiger charge is -2.30. The zero-order valence-corrected chi connectivity index (χ0v) is 14.5. The number of hydrogen-bond acceptors (Lipinski definition) is 6. The van der Waals surface area contributed by atoms with Crippen LogP contribution in [0, 0.1) is 16.0 Å². The van der Waals surface area contributed by atoms with Gasteiger partial charge in [-0.2, -0.15) is 0 Å². The lowest BCUT2D eigenvalue weighted by Crippen LogP contribution is -2.51. The minimum Gasteiger partial charge on any atom is -0.490 e. The van der Waals surface area contributed by atoms with Crippen molar-refractivity contribution in [3.05, 3.63) is 28.3 Å². The van der Waals surface area contributed by atoms with Gasteiger partial charge in [-0.25, -0.2) is 13.1 Å². The first-order valence-electron chi connectivity index (χ1n) is 7.11. The number of nitrogens with two attached hydrogens (primary N) is 1. The second-order valence-electron chi connectivity index (χ2n) is 6.06. The third-order valence-electron chi connectivity index (χ3n) is 3.35. The third kappa shape index (κ3) is 4.88. The molecule has 0 radical (unpaired) electrons. The van der Waals surface area contributed by atoms with E-state index in [1.54, 1.807) is 6.92 Å². The van der Waals surface area contributed by atoms with Gasteiger partial charge in [-0.15, -0.1) is 0 Å². The van der Waals surface area contributed by atoms with Gasteiger partial charge in [0, 0.05) is 18.2 Å². The number of nitro groups is 1. The number of nitrogens with zero attached hydrogens (tertiary/aromatic N) is 1. The predicted molar refractivity (Wildman–Crippen MR) is 86.9 cm³/mol. The predicted octanol–water partition coefficient (Wildman–Crippen LogP) is 1.65. The van der Waals surface area contributed by atoms with E-state index >= 15 is 0 Å². The number of rotatable bonds is 8. The van der Waals surface area contributed by atoms with Crippen LogP contribution >= 0.6 is 0 Å². The molecule has 0 aliphatic heterocycles. The molecule has 0 aliphatic carbocycles. The van der Waals surface area contributed by atoms with E-state index in [1.807, 2.05) is 13.8 Å². The molecular formula is C14H23N3O5S. The van der Waals surface area contributed by atoms with Crippen LogP contribution in [0.4, 0.5) is 5.69 Å². The van der Waals surface area contributed by atoms with Crippen LogP contribution in [-0.2, 0) is 10.0 Å². The normalized spacial score (nSPS) is 14.5. The topological polar surface area (TPSA) is 125 Å². The zero-order valence-electron chi connectivity index (χ0n) is 13.7. The Labute approximate surface area is 136 Å². The minimum absolute atomic E-state index is 0.00211. The van der Waals surface area contributed by atoms with Gasteiger partial charge in [-0.3, -0.25) is 10.1 Å². The summed E-state index contributed by atoms with van der Waals surface area (Å²) in [7, 11) is -2.67. The molecule has 0 fully saturated rings. The number of benzene rings is 1. The van der Waals surface area contributed by atoms with Crippen LogP contribution in [0.1, 0.15) is 27.2 Å². The number of nitrogens with one attached hydrogen (secondary N) is 1. The van der Waals surface area contributed by atoms with E-state index in [2.05, 4.69) is 4.72 Å². The van der Waals surface area contributed by atoms with E-state index in [9.17, 15) is 18.5 Å². The molecule has 0 aliphatic rings. The fourth-order valence-electron chi connectivity index (χ4n) is 2.43. The summed E-state index contributed by atoms with van der Waals surface area (Å²) in [5.74, 6) is 0.231. The SMILES string of the molecule is COc1ccc(S(=O)(=O)NC(C)(CN)CC(C)C)cc1[N+](=O)[O-]. The van der Waals surface area contributed by atoms with Crippen molar-refractivity contribution in [2.45, 2.75) is 37.6 Å². The van der Waals surface area contributed by atoms with Gasteiger partial charge in [0.2, 0.25) is 10.0 Å². The lowest BCUT2D eigenvalue weighted by molar-refractivity contribution is -0.386. The Morgan fingerprint density at radius 3 is 2.48 bits per heavy atom. The maximum atomic E-state index is 12.5. The summed E-state index contributed by atoms with van der Waals surface area (Å²) in [6.07, 6.45) is 0.543. The fraction of sp³-hybridized carbons (Fsp3) is 0.571. The number of nitro benzene ring substituents is 1. The molecule has 0 aromatic heterocycles. The molecule has 0 saturated carbocycles. The van der Waals surface area contributed by atoms with Crippen LogP contribution in [0.25, 0.3) is 0 Å². The van der Waals surface area contributed by atoms with E-state index in [4.69, 9.17) is 10.5 Å². The maximum Gasteiger partial charge on any atom is 0.312 e. The van der Waals surface area contributed by atoms with Gasteiger partial charge in [-0.05, 0) is 31.4 Å². The number of sulfonamides is 1. The molecule has 8 nitrogen and oxygen atoms in total. The highest BCUT2D eigenvalue weighted by molar-refractivity contribution is 7.89. The van der Waals surface area contributed by atoms with Gasteiger partial charge in [0.1, 0.15) is 0 Å². The van der Waals surface area contributed by atoms with Crippen LogP contribution in [0.3, 0.4) is 0 Å². The largest absolute Gasteiger partial charge is 0.490 e. The Morgan fingerprint density at radius 2 is 2.04 bits per heavy atom. The Hall–Kier alpha value is -1.71. The summed E-state index contributed by atoms with van der Waals surface area (Å²) in [6, 6.07) is 3.50. The molecular weight excluding hydrogens is 322 g/mol. The first-order chi connectivity index (χ1) is 10.5. The average Bonchev–Trinajstić information content (AvgIpc) is 2.44. The smallest absolute Gasteiger partial charge is 0.312 e. The van der Waals surface area contributed by atoms with Crippen molar-refractivity contribution in [2.75, 3.05) is 13.7 Å². The van der Waals surface area contributed by atoms with Gasteiger partial charge in [-0.1, -0.05) is 13.8 Å². The van der Waals surface area contributed by atoms with Crippen LogP contribution in [-0.4, -0.2) is 32.5 Å². The molecule has 1 aromatic carbocycles. The Balaban J connectivity index is 3.23. The van der Waals surface area contributed by atoms with Crippen LogP contribution < -0.4 is 15.2 Å². The molecule has 9 heteroatoms. The summed E-state index contributed by atoms with van der Waals surface area (Å²) in [6.45, 7) is 5.74. The molecule has 0 saturated heterocycles. The highest BCUT2D eigenvalue weighted by Crippen LogP contribution is 2.30. The second-order valence-corrected chi connectivity index (χ2v) is 7.74. The molecule has 0 spiro atoms. The summed E-state index contributed by atoms with van der Waals surface area (Å²) >= 11 is 0. The molecule has 0 amide bonds. The monoisotopic (exact) mass is 345 g/mol. The molecule has 0 heterocycles. The lowest BCUT2D eigenvalue weighted by atomic mass is 9.92. The fourth-order valence-corrected chi connectivity index (χ4v) is 3.88. The molecule has 3 N–H and O–H groups in total. The highest BCUT2D eigenvalue weighted by atomic mass is 32.2. The van der Waals surface area contributed by atoms with E-state index in [0.717, 1.165) is 6.07 Å². The minimum atomic E-state index is -3.95. The van der Waals surface area contributed by atoms with Gasteiger partial charge in [0.15, 0.2) is 5.75 Å². The molecule has 1 atom stereocenters. The van der Waals surface area contributed by atoms with Crippen molar-refractivity contribution in [3.63, 3.8) is 0 Å². The molecule has 23 heavy (non-hydrogen) atoms. The molecule has 0 bridgehead atoms. The van der Waals surface area contributed by atoms with Gasteiger partial charge < -0.3 is 10.5 Å². The van der Waals surface area contributed by atoms with E-state index in [1.165, 1.54) is 19.2 Å². The van der Waals surface area contributed by atoms with Crippen LogP contribution in [0.15, 0.2) is 23.1 Å². The van der Waals surface area contributed by atoms with Crippen molar-refractivity contribution in [2.24, 2.45) is 11.7 Å². The van der Waals surface area contributed by atoms with Crippen molar-refractivity contribution in [1.29, 1.82) is 0 Å². The maximum absolute atomic E-state index is 12.5. The molecule has 1 unspecified atom stereocenters. The first kappa shape index (κ1) is 19.3. The standard InChI is InChI=1S/C14H23N3O5S/c1-10(2)8-14(3,9-15)16-23(20,21)11-5-6-13(22-4)12(7-11)17(18)19/h5-7,10,16H,8-9,15H2,1-4H3. The van der Waals surface area contributed by atoms with Crippen LogP contribution in [0.5, 0.6) is 5.75 Å². The van der Waals surface area contributed by atoms with Gasteiger partial charge in [0.25, 0.3) is 0 Å². The van der Waals surface area contributed by atoms with Crippen molar-refractivity contribution in [3.8, 4) is 5.75 Å². The van der Waals surface area contributed by atoms with Crippen LogP contribution in [0.2, 0.25) is 0 Å². The molecule has 1 aromatic rings. The van der Waals surface area contributed by atoms with E-state index < -0.39 is 26.2 Å². The highest BCUT2D eigenvalue weighted by Gasteiger charge is 2.31. The van der Waals surface area contributed by atoms with E-state index in [-0.39, 0.29) is 23.1 Å². The summed E-state index contributed by atoms with van der Waals surface area (Å²) < 4.78 is 32.5. The van der Waals surface area contributed by atoms with E-state index in [0.29, 0.717) is 6.42 Å². The summed E-state index contributed by atoms with van der Waals surface area (Å²) in [4.78, 5) is 10.2. The Morgan fingerprint density at radius 1 is 1.43 bits per heavy atom. The van der Waals surface area contributed by atoms with Crippen molar-refractivity contribution in [1.82, 2.24) is 4.72 Å². The molecule has 130 valence electrons. The second kappa shape index (κ2) is 7.24. The third-order valence-corrected chi connectivity index (χ3v) is 4.98. The average molecular weight is 345 g/mol. The summed E-state index contributed by atoms with van der Waals surface area (Å²) in [5, 5.41) is 11.0. The quantitative estimate of drug-likeness (QED) is 0.545. The van der Waals surface area contributed by atoms with Crippen molar-refractivity contribution >= 4 is 15.7 Å². The Kier molecular flexibility index (Phi) is 6.09. The van der Waals surface area contributed by atoms with Gasteiger partial charge >= 0.3 is 5.69 Å². The summed E-state index contributed by atoms with van der Waals surface area (Å²) in [5.41, 5.74) is 4.47. The number of hydrogen-bond donors (Lipinski definition) is 2. The number of methoxy groups -OCH3 is 1. The molecule has 1 rings (SSSR count). The van der Waals surface area contributed by atoms with Gasteiger partial charge in [0.05, 0.1) is 16.9 Å². The van der Waals surface area contributed by atoms with Crippen molar-refractivity contribution < 1.29 is 18.1 Å². The zero-order chi connectivity index (χ0) is 17.8. The number of ether oxygens (including phenoxy) is 1.